The number of carboxylic acid groups (broad SMARTS) is 1. The number of aromatic nitrogens is 1. The lowest BCUT2D eigenvalue weighted by Gasteiger charge is -2.05. The summed E-state index contributed by atoms with van der Waals surface area (Å²) in [5, 5.41) is 11.6. The largest absolute Gasteiger partial charge is 0.477 e. The third kappa shape index (κ3) is 4.10. The molecule has 0 spiro atoms. The molecule has 1 heterocycles. The molecule has 6 heteroatoms. The van der Waals surface area contributed by atoms with Crippen molar-refractivity contribution in [3.05, 3.63) is 54.4 Å². The number of rotatable bonds is 5. The number of benzene rings is 1. The van der Waals surface area contributed by atoms with Crippen LogP contribution in [0.4, 0.5) is 5.69 Å². The van der Waals surface area contributed by atoms with E-state index in [1.807, 2.05) is 18.2 Å². The van der Waals surface area contributed by atoms with Gasteiger partial charge in [0.25, 0.3) is 0 Å². The summed E-state index contributed by atoms with van der Waals surface area (Å²) < 4.78 is 0. The van der Waals surface area contributed by atoms with Crippen molar-refractivity contribution in [3.63, 3.8) is 0 Å². The van der Waals surface area contributed by atoms with Crippen molar-refractivity contribution >= 4 is 29.3 Å². The molecule has 5 nitrogen and oxygen atoms in total. The van der Waals surface area contributed by atoms with Crippen LogP contribution < -0.4 is 5.32 Å². The molecule has 1 aromatic heterocycles. The van der Waals surface area contributed by atoms with Crippen molar-refractivity contribution in [1.29, 1.82) is 0 Å². The van der Waals surface area contributed by atoms with Crippen LogP contribution in [0.25, 0.3) is 0 Å². The normalized spacial score (nSPS) is 10.0. The number of thioether (sulfide) groups is 1. The molecule has 102 valence electrons. The van der Waals surface area contributed by atoms with Crippen LogP contribution in [0.2, 0.25) is 0 Å². The van der Waals surface area contributed by atoms with E-state index in [4.69, 9.17) is 5.11 Å². The Labute approximate surface area is 120 Å². The topological polar surface area (TPSA) is 79.3 Å². The molecule has 0 aliphatic carbocycles. The molecule has 0 unspecified atom stereocenters. The number of amides is 1. The van der Waals surface area contributed by atoms with Crippen LogP contribution in [0, 0.1) is 0 Å². The van der Waals surface area contributed by atoms with Gasteiger partial charge >= 0.3 is 5.97 Å². The van der Waals surface area contributed by atoms with Gasteiger partial charge in [-0.15, -0.1) is 11.8 Å². The molecule has 1 amide bonds. The summed E-state index contributed by atoms with van der Waals surface area (Å²) >= 11 is 1.26. The lowest BCUT2D eigenvalue weighted by Crippen LogP contribution is -2.13. The van der Waals surface area contributed by atoms with E-state index in [1.165, 1.54) is 24.0 Å². The highest BCUT2D eigenvalue weighted by atomic mass is 32.2. The summed E-state index contributed by atoms with van der Waals surface area (Å²) in [5.74, 6) is -1.02. The fourth-order valence-corrected chi connectivity index (χ4v) is 2.21. The number of para-hydroxylation sites is 1. The monoisotopic (exact) mass is 288 g/mol. The maximum absolute atomic E-state index is 11.7. The van der Waals surface area contributed by atoms with E-state index in [9.17, 15) is 9.59 Å². The lowest BCUT2D eigenvalue weighted by atomic mass is 10.3. The van der Waals surface area contributed by atoms with E-state index in [1.54, 1.807) is 18.2 Å². The summed E-state index contributed by atoms with van der Waals surface area (Å²) in [7, 11) is 0. The zero-order chi connectivity index (χ0) is 14.4. The molecule has 0 aliphatic rings. The van der Waals surface area contributed by atoms with Gasteiger partial charge in [-0.05, 0) is 24.3 Å². The van der Waals surface area contributed by atoms with Crippen LogP contribution in [0.3, 0.4) is 0 Å². The first-order chi connectivity index (χ1) is 9.65. The van der Waals surface area contributed by atoms with Gasteiger partial charge in [0, 0.05) is 16.8 Å². The molecule has 2 N–H and O–H groups in total. The van der Waals surface area contributed by atoms with Crippen LogP contribution in [-0.4, -0.2) is 27.7 Å². The average Bonchev–Trinajstić information content (AvgIpc) is 2.46. The maximum atomic E-state index is 11.7. The molecule has 0 aliphatic heterocycles. The summed E-state index contributed by atoms with van der Waals surface area (Å²) in [6.45, 7) is 0. The molecule has 0 saturated heterocycles. The molecule has 1 aromatic carbocycles. The van der Waals surface area contributed by atoms with Crippen molar-refractivity contribution in [1.82, 2.24) is 4.98 Å². The number of nitrogens with zero attached hydrogens (tertiary/aromatic N) is 1. The fourth-order valence-electron chi connectivity index (χ4n) is 1.49. The van der Waals surface area contributed by atoms with Crippen molar-refractivity contribution < 1.29 is 14.7 Å². The van der Waals surface area contributed by atoms with Crippen LogP contribution in [0.1, 0.15) is 10.5 Å². The maximum Gasteiger partial charge on any atom is 0.354 e. The first-order valence-corrected chi connectivity index (χ1v) is 6.81. The first-order valence-electron chi connectivity index (χ1n) is 5.82. The van der Waals surface area contributed by atoms with Crippen molar-refractivity contribution in [2.24, 2.45) is 0 Å². The predicted molar refractivity (Wildman–Crippen MR) is 77.0 cm³/mol. The number of pyridine rings is 1. The summed E-state index contributed by atoms with van der Waals surface area (Å²) in [6.07, 6.45) is 1.42. The SMILES string of the molecule is O=C(CSc1ccnc(C(=O)O)c1)Nc1ccccc1. The Bertz CT molecular complexity index is 617. The first kappa shape index (κ1) is 14.1. The van der Waals surface area contributed by atoms with Crippen molar-refractivity contribution in [3.8, 4) is 0 Å². The minimum absolute atomic E-state index is 0.0292. The Morgan fingerprint density at radius 1 is 1.20 bits per heavy atom. The quantitative estimate of drug-likeness (QED) is 0.826. The zero-order valence-corrected chi connectivity index (χ0v) is 11.3. The van der Waals surface area contributed by atoms with Gasteiger partial charge in [-0.2, -0.15) is 0 Å². The van der Waals surface area contributed by atoms with Gasteiger partial charge in [0.05, 0.1) is 5.75 Å². The predicted octanol–water partition coefficient (Wildman–Crippen LogP) is 2.51. The Kier molecular flexibility index (Phi) is 4.73. The Balaban J connectivity index is 1.90. The number of anilines is 1. The number of hydrogen-bond acceptors (Lipinski definition) is 4. The van der Waals surface area contributed by atoms with Crippen LogP contribution in [-0.2, 0) is 4.79 Å². The number of nitrogens with one attached hydrogen (secondary N) is 1. The van der Waals surface area contributed by atoms with Gasteiger partial charge in [0.15, 0.2) is 0 Å². The van der Waals surface area contributed by atoms with Gasteiger partial charge in [0.1, 0.15) is 5.69 Å². The van der Waals surface area contributed by atoms with Gasteiger partial charge < -0.3 is 10.4 Å². The van der Waals surface area contributed by atoms with Gasteiger partial charge in [0.2, 0.25) is 5.91 Å². The average molecular weight is 288 g/mol. The minimum Gasteiger partial charge on any atom is -0.477 e. The number of aromatic carboxylic acids is 1. The van der Waals surface area contributed by atoms with E-state index in [0.29, 0.717) is 4.90 Å². The Hall–Kier alpha value is -2.34. The third-order valence-corrected chi connectivity index (χ3v) is 3.37. The molecule has 0 atom stereocenters. The van der Waals surface area contributed by atoms with Crippen molar-refractivity contribution in [2.45, 2.75) is 4.90 Å². The number of carbonyl (C=O) groups is 2. The number of carbonyl (C=O) groups excluding carboxylic acids is 1. The van der Waals surface area contributed by atoms with Crippen LogP contribution in [0.5, 0.6) is 0 Å². The second-order valence-corrected chi connectivity index (χ2v) is 4.93. The lowest BCUT2D eigenvalue weighted by molar-refractivity contribution is -0.113. The van der Waals surface area contributed by atoms with E-state index >= 15 is 0 Å². The molecular weight excluding hydrogens is 276 g/mol. The van der Waals surface area contributed by atoms with E-state index in [-0.39, 0.29) is 17.4 Å². The minimum atomic E-state index is -1.08. The molecular formula is C14H12N2O3S. The Morgan fingerprint density at radius 2 is 1.95 bits per heavy atom. The van der Waals surface area contributed by atoms with Gasteiger partial charge in [-0.3, -0.25) is 4.79 Å². The van der Waals surface area contributed by atoms with Gasteiger partial charge in [-0.25, -0.2) is 9.78 Å². The Morgan fingerprint density at radius 3 is 2.65 bits per heavy atom. The van der Waals surface area contributed by atoms with E-state index in [2.05, 4.69) is 10.3 Å². The smallest absolute Gasteiger partial charge is 0.354 e. The zero-order valence-electron chi connectivity index (χ0n) is 10.4. The molecule has 2 aromatic rings. The van der Waals surface area contributed by atoms with Crippen molar-refractivity contribution in [2.75, 3.05) is 11.1 Å². The fraction of sp³-hybridized carbons (Fsp3) is 0.0714. The molecule has 0 fully saturated rings. The molecule has 2 rings (SSSR count). The molecule has 0 bridgehead atoms. The standard InChI is InChI=1S/C14H12N2O3S/c17-13(16-10-4-2-1-3-5-10)9-20-11-6-7-15-12(8-11)14(18)19/h1-8H,9H2,(H,16,17)(H,18,19). The van der Waals surface area contributed by atoms with E-state index < -0.39 is 5.97 Å². The second-order valence-electron chi connectivity index (χ2n) is 3.88. The molecule has 20 heavy (non-hydrogen) atoms. The third-order valence-electron chi connectivity index (χ3n) is 2.38. The number of hydrogen-bond donors (Lipinski definition) is 2. The molecule has 0 saturated carbocycles. The van der Waals surface area contributed by atoms with Gasteiger partial charge in [-0.1, -0.05) is 18.2 Å². The van der Waals surface area contributed by atoms with Crippen LogP contribution >= 0.6 is 11.8 Å². The molecule has 0 radical (unpaired) electrons. The van der Waals surface area contributed by atoms with Crippen LogP contribution in [0.15, 0.2) is 53.6 Å². The second kappa shape index (κ2) is 6.72. The van der Waals surface area contributed by atoms with E-state index in [0.717, 1.165) is 5.69 Å². The summed E-state index contributed by atoms with van der Waals surface area (Å²) in [6, 6.07) is 12.3. The summed E-state index contributed by atoms with van der Waals surface area (Å²) in [5.41, 5.74) is 0.706. The highest BCUT2D eigenvalue weighted by molar-refractivity contribution is 8.00. The summed E-state index contributed by atoms with van der Waals surface area (Å²) in [4.78, 5) is 26.9. The highest BCUT2D eigenvalue weighted by Gasteiger charge is 2.07. The number of carboxylic acids is 1. The highest BCUT2D eigenvalue weighted by Crippen LogP contribution is 2.18.